The summed E-state index contributed by atoms with van der Waals surface area (Å²) < 4.78 is 4.59. The largest absolute Gasteiger partial charge is 0.480 e. The molecule has 0 aromatic heterocycles. The number of benzene rings is 1. The lowest BCUT2D eigenvalue weighted by atomic mass is 10.0. The molecule has 0 saturated carbocycles. The molecule has 1 saturated heterocycles. The van der Waals surface area contributed by atoms with Crippen molar-refractivity contribution in [3.63, 3.8) is 0 Å². The molecular weight excluding hydrogens is 342 g/mol. The van der Waals surface area contributed by atoms with Crippen molar-refractivity contribution < 1.29 is 24.2 Å². The van der Waals surface area contributed by atoms with Crippen LogP contribution in [0.1, 0.15) is 26.2 Å². The van der Waals surface area contributed by atoms with Gasteiger partial charge in [0.1, 0.15) is 6.04 Å². The van der Waals surface area contributed by atoms with Gasteiger partial charge in [-0.2, -0.15) is 0 Å². The summed E-state index contributed by atoms with van der Waals surface area (Å²) in [5, 5.41) is 9.52. The summed E-state index contributed by atoms with van der Waals surface area (Å²) in [6.45, 7) is 2.12. The van der Waals surface area contributed by atoms with Crippen molar-refractivity contribution in [1.29, 1.82) is 0 Å². The van der Waals surface area contributed by atoms with Crippen LogP contribution in [0, 0.1) is 5.92 Å². The fraction of sp³-hybridized carbons (Fsp3) is 0.500. The number of carbonyl (C=O) groups excluding carboxylic acids is 2. The first-order chi connectivity index (χ1) is 11.9. The van der Waals surface area contributed by atoms with Gasteiger partial charge in [-0.05, 0) is 25.0 Å². The van der Waals surface area contributed by atoms with Crippen LogP contribution in [-0.4, -0.2) is 52.8 Å². The smallest absolute Gasteiger partial charge is 0.326 e. The highest BCUT2D eigenvalue weighted by Crippen LogP contribution is 2.34. The van der Waals surface area contributed by atoms with Gasteiger partial charge >= 0.3 is 11.9 Å². The van der Waals surface area contributed by atoms with E-state index in [2.05, 4.69) is 4.74 Å². The van der Waals surface area contributed by atoms with Crippen molar-refractivity contribution in [3.05, 3.63) is 30.3 Å². The number of carboxylic acids is 1. The highest BCUT2D eigenvalue weighted by atomic mass is 32.2. The number of hydrogen-bond donors (Lipinski definition) is 1. The Morgan fingerprint density at radius 2 is 2.00 bits per heavy atom. The Balaban J connectivity index is 2.00. The minimum Gasteiger partial charge on any atom is -0.480 e. The van der Waals surface area contributed by atoms with E-state index in [0.29, 0.717) is 19.4 Å². The van der Waals surface area contributed by atoms with Crippen molar-refractivity contribution in [2.45, 2.75) is 42.4 Å². The molecule has 0 spiro atoms. The minimum absolute atomic E-state index is 0.0419. The third-order valence-corrected chi connectivity index (χ3v) is 5.53. The first-order valence-corrected chi connectivity index (χ1v) is 9.12. The van der Waals surface area contributed by atoms with Crippen LogP contribution in [0.2, 0.25) is 0 Å². The monoisotopic (exact) mass is 365 g/mol. The summed E-state index contributed by atoms with van der Waals surface area (Å²) in [6.07, 6.45) is 0.923. The van der Waals surface area contributed by atoms with Crippen LogP contribution in [0.15, 0.2) is 35.2 Å². The third kappa shape index (κ3) is 5.22. The molecule has 0 radical (unpaired) electrons. The van der Waals surface area contributed by atoms with Gasteiger partial charge < -0.3 is 14.7 Å². The summed E-state index contributed by atoms with van der Waals surface area (Å²) in [5.74, 6) is -1.98. The topological polar surface area (TPSA) is 83.9 Å². The third-order valence-electron chi connectivity index (χ3n) is 4.31. The summed E-state index contributed by atoms with van der Waals surface area (Å²) in [7, 11) is 1.31. The van der Waals surface area contributed by atoms with E-state index < -0.39 is 17.9 Å². The van der Waals surface area contributed by atoms with Crippen molar-refractivity contribution in [2.24, 2.45) is 5.92 Å². The molecule has 7 heteroatoms. The number of rotatable bonds is 7. The van der Waals surface area contributed by atoms with Gasteiger partial charge in [-0.1, -0.05) is 25.1 Å². The average Bonchev–Trinajstić information content (AvgIpc) is 3.03. The summed E-state index contributed by atoms with van der Waals surface area (Å²) in [6, 6.07) is 8.94. The van der Waals surface area contributed by atoms with E-state index in [-0.39, 0.29) is 23.5 Å². The van der Waals surface area contributed by atoms with Gasteiger partial charge in [0, 0.05) is 29.0 Å². The molecule has 136 valence electrons. The molecule has 2 unspecified atom stereocenters. The number of thioether (sulfide) groups is 1. The Kier molecular flexibility index (Phi) is 6.87. The van der Waals surface area contributed by atoms with Gasteiger partial charge in [-0.3, -0.25) is 9.59 Å². The summed E-state index contributed by atoms with van der Waals surface area (Å²) in [5.41, 5.74) is 0. The van der Waals surface area contributed by atoms with Crippen LogP contribution in [0.3, 0.4) is 0 Å². The van der Waals surface area contributed by atoms with Gasteiger partial charge in [0.15, 0.2) is 0 Å². The van der Waals surface area contributed by atoms with Crippen LogP contribution >= 0.6 is 11.8 Å². The number of carboxylic acid groups (broad SMARTS) is 1. The van der Waals surface area contributed by atoms with Crippen molar-refractivity contribution in [1.82, 2.24) is 4.90 Å². The molecule has 6 nitrogen and oxygen atoms in total. The van der Waals surface area contributed by atoms with Gasteiger partial charge in [0.05, 0.1) is 7.11 Å². The highest BCUT2D eigenvalue weighted by molar-refractivity contribution is 8.00. The number of ether oxygens (including phenoxy) is 1. The molecule has 1 aromatic carbocycles. The van der Waals surface area contributed by atoms with Gasteiger partial charge in [0.25, 0.3) is 0 Å². The molecule has 2 rings (SSSR count). The first-order valence-electron chi connectivity index (χ1n) is 8.24. The van der Waals surface area contributed by atoms with Crippen LogP contribution < -0.4 is 0 Å². The number of likely N-dealkylation sites (tertiary alicyclic amines) is 1. The van der Waals surface area contributed by atoms with Crippen LogP contribution in [0.5, 0.6) is 0 Å². The predicted octanol–water partition coefficient (Wildman–Crippen LogP) is 2.42. The maximum absolute atomic E-state index is 12.7. The first kappa shape index (κ1) is 19.3. The van der Waals surface area contributed by atoms with E-state index in [1.807, 2.05) is 30.3 Å². The maximum atomic E-state index is 12.7. The number of hydrogen-bond acceptors (Lipinski definition) is 5. The molecule has 3 atom stereocenters. The Morgan fingerprint density at radius 3 is 2.60 bits per heavy atom. The molecule has 1 aromatic rings. The molecule has 0 bridgehead atoms. The average molecular weight is 365 g/mol. The molecule has 1 aliphatic heterocycles. The molecule has 1 fully saturated rings. The summed E-state index contributed by atoms with van der Waals surface area (Å²) in [4.78, 5) is 38.0. The van der Waals surface area contributed by atoms with Crippen LogP contribution in [0.25, 0.3) is 0 Å². The Bertz CT molecular complexity index is 621. The van der Waals surface area contributed by atoms with E-state index in [9.17, 15) is 19.5 Å². The van der Waals surface area contributed by atoms with E-state index >= 15 is 0 Å². The van der Waals surface area contributed by atoms with E-state index in [1.54, 1.807) is 18.7 Å². The zero-order valence-corrected chi connectivity index (χ0v) is 15.2. The second-order valence-corrected chi connectivity index (χ2v) is 7.52. The predicted molar refractivity (Wildman–Crippen MR) is 94.3 cm³/mol. The minimum atomic E-state index is -0.982. The maximum Gasteiger partial charge on any atom is 0.326 e. The van der Waals surface area contributed by atoms with Crippen molar-refractivity contribution >= 4 is 29.6 Å². The normalized spacial score (nSPS) is 21.0. The Labute approximate surface area is 151 Å². The lowest BCUT2D eigenvalue weighted by Gasteiger charge is -2.24. The molecule has 25 heavy (non-hydrogen) atoms. The van der Waals surface area contributed by atoms with Gasteiger partial charge in [-0.15, -0.1) is 11.8 Å². The molecule has 1 heterocycles. The standard InChI is InChI=1S/C18H23NO5S/c1-12(8-9-16(20)24-2)17(21)19-11-14(10-15(19)18(22)23)25-13-6-4-3-5-7-13/h3-7,12,14-15H,8-11H2,1-2H3,(H,22,23)/t12?,14?,15-/m0/s1. The van der Waals surface area contributed by atoms with E-state index in [0.717, 1.165) is 4.90 Å². The number of methoxy groups -OCH3 is 1. The molecule has 1 N–H and O–H groups in total. The Morgan fingerprint density at radius 1 is 1.32 bits per heavy atom. The lowest BCUT2D eigenvalue weighted by molar-refractivity contribution is -0.150. The quantitative estimate of drug-likeness (QED) is 0.747. The Hall–Kier alpha value is -2.02. The molecule has 1 amide bonds. The van der Waals surface area contributed by atoms with Crippen LogP contribution in [0.4, 0.5) is 0 Å². The fourth-order valence-electron chi connectivity index (χ4n) is 2.89. The van der Waals surface area contributed by atoms with Crippen LogP contribution in [-0.2, 0) is 19.1 Å². The highest BCUT2D eigenvalue weighted by Gasteiger charge is 2.41. The number of carbonyl (C=O) groups is 3. The molecular formula is C18H23NO5S. The molecule has 0 aliphatic carbocycles. The van der Waals surface area contributed by atoms with E-state index in [1.165, 1.54) is 12.0 Å². The number of amides is 1. The second kappa shape index (κ2) is 8.89. The second-order valence-electron chi connectivity index (χ2n) is 6.15. The van der Waals surface area contributed by atoms with Gasteiger partial charge in [-0.25, -0.2) is 4.79 Å². The number of esters is 1. The molecule has 1 aliphatic rings. The SMILES string of the molecule is COC(=O)CCC(C)C(=O)N1CC(Sc2ccccc2)C[C@H]1C(=O)O. The number of aliphatic carboxylic acids is 1. The number of nitrogens with zero attached hydrogens (tertiary/aromatic N) is 1. The lowest BCUT2D eigenvalue weighted by Crippen LogP contribution is -2.43. The summed E-state index contributed by atoms with van der Waals surface area (Å²) >= 11 is 1.60. The fourth-order valence-corrected chi connectivity index (χ4v) is 4.11. The van der Waals surface area contributed by atoms with E-state index in [4.69, 9.17) is 0 Å². The zero-order valence-electron chi connectivity index (χ0n) is 14.4. The van der Waals surface area contributed by atoms with Gasteiger partial charge in [0.2, 0.25) is 5.91 Å². The zero-order chi connectivity index (χ0) is 18.4. The van der Waals surface area contributed by atoms with Crippen molar-refractivity contribution in [2.75, 3.05) is 13.7 Å². The van der Waals surface area contributed by atoms with Crippen molar-refractivity contribution in [3.8, 4) is 0 Å².